The van der Waals surface area contributed by atoms with Crippen LogP contribution in [0.15, 0.2) is 18.2 Å². The smallest absolute Gasteiger partial charge is 0.253 e. The van der Waals surface area contributed by atoms with Gasteiger partial charge in [0.15, 0.2) is 0 Å². The molecule has 1 aliphatic heterocycles. The summed E-state index contributed by atoms with van der Waals surface area (Å²) in [5.41, 5.74) is 0.239. The van der Waals surface area contributed by atoms with Crippen LogP contribution in [0.5, 0.6) is 0 Å². The van der Waals surface area contributed by atoms with E-state index in [9.17, 15) is 14.4 Å². The van der Waals surface area contributed by atoms with Gasteiger partial charge in [-0.2, -0.15) is 0 Å². The van der Waals surface area contributed by atoms with E-state index in [2.05, 4.69) is 10.6 Å². The lowest BCUT2D eigenvalue weighted by Gasteiger charge is -2.23. The number of carbonyl (C=O) groups excluding carboxylic acids is 3. The highest BCUT2D eigenvalue weighted by atomic mass is 35.5. The van der Waals surface area contributed by atoms with Gasteiger partial charge < -0.3 is 15.5 Å². The van der Waals surface area contributed by atoms with Gasteiger partial charge in [-0.05, 0) is 37.0 Å². The number of likely N-dealkylation sites (tertiary alicyclic amines) is 1. The van der Waals surface area contributed by atoms with Crippen LogP contribution in [-0.4, -0.2) is 48.3 Å². The Morgan fingerprint density at radius 2 is 1.81 bits per heavy atom. The molecule has 6 nitrogen and oxygen atoms in total. The maximum Gasteiger partial charge on any atom is 0.253 e. The molecule has 1 aliphatic rings. The monoisotopic (exact) mass is 399 g/mol. The SMILES string of the molecule is CC(C)[C@H](NC(=O)c1ccc(Cl)cc1Cl)C(=O)NCC(=O)N1CCCC1. The highest BCUT2D eigenvalue weighted by Gasteiger charge is 2.26. The van der Waals surface area contributed by atoms with Gasteiger partial charge in [0.25, 0.3) is 5.91 Å². The van der Waals surface area contributed by atoms with Crippen molar-refractivity contribution in [1.29, 1.82) is 0 Å². The van der Waals surface area contributed by atoms with Crippen molar-refractivity contribution in [2.24, 2.45) is 5.92 Å². The second-order valence-corrected chi connectivity index (χ2v) is 7.47. The summed E-state index contributed by atoms with van der Waals surface area (Å²) in [6.07, 6.45) is 1.98. The minimum absolute atomic E-state index is 0.0698. The van der Waals surface area contributed by atoms with Gasteiger partial charge in [-0.1, -0.05) is 37.0 Å². The Morgan fingerprint density at radius 3 is 2.38 bits per heavy atom. The van der Waals surface area contributed by atoms with Crippen LogP contribution in [-0.2, 0) is 9.59 Å². The van der Waals surface area contributed by atoms with E-state index >= 15 is 0 Å². The first-order chi connectivity index (χ1) is 12.3. The number of halogens is 2. The van der Waals surface area contributed by atoms with Crippen molar-refractivity contribution in [2.45, 2.75) is 32.7 Å². The Morgan fingerprint density at radius 1 is 1.15 bits per heavy atom. The summed E-state index contributed by atoms with van der Waals surface area (Å²) in [4.78, 5) is 38.7. The summed E-state index contributed by atoms with van der Waals surface area (Å²) in [5, 5.41) is 5.94. The molecule has 1 aromatic rings. The average molecular weight is 400 g/mol. The molecule has 26 heavy (non-hydrogen) atoms. The summed E-state index contributed by atoms with van der Waals surface area (Å²) in [7, 11) is 0. The zero-order valence-corrected chi connectivity index (χ0v) is 16.4. The minimum Gasteiger partial charge on any atom is -0.345 e. The molecule has 1 saturated heterocycles. The van der Waals surface area contributed by atoms with Crippen molar-refractivity contribution in [3.05, 3.63) is 33.8 Å². The number of hydrogen-bond acceptors (Lipinski definition) is 3. The summed E-state index contributed by atoms with van der Waals surface area (Å²) >= 11 is 11.9. The van der Waals surface area contributed by atoms with Crippen LogP contribution in [0, 0.1) is 5.92 Å². The second kappa shape index (κ2) is 9.24. The predicted molar refractivity (Wildman–Crippen MR) is 101 cm³/mol. The van der Waals surface area contributed by atoms with E-state index in [-0.39, 0.29) is 29.0 Å². The van der Waals surface area contributed by atoms with Gasteiger partial charge in [-0.25, -0.2) is 0 Å². The van der Waals surface area contributed by atoms with E-state index in [1.54, 1.807) is 11.0 Å². The first-order valence-electron chi connectivity index (χ1n) is 8.61. The molecule has 0 bridgehead atoms. The van der Waals surface area contributed by atoms with Crippen molar-refractivity contribution >= 4 is 40.9 Å². The summed E-state index contributed by atoms with van der Waals surface area (Å²) < 4.78 is 0. The molecule has 1 fully saturated rings. The molecule has 1 heterocycles. The van der Waals surface area contributed by atoms with Crippen molar-refractivity contribution in [1.82, 2.24) is 15.5 Å². The first-order valence-corrected chi connectivity index (χ1v) is 9.36. The predicted octanol–water partition coefficient (Wildman–Crippen LogP) is 2.49. The molecule has 1 atom stereocenters. The number of benzene rings is 1. The van der Waals surface area contributed by atoms with Crippen LogP contribution in [0.4, 0.5) is 0 Å². The number of nitrogens with zero attached hydrogens (tertiary/aromatic N) is 1. The highest BCUT2D eigenvalue weighted by Crippen LogP contribution is 2.21. The van der Waals surface area contributed by atoms with Gasteiger partial charge in [0.1, 0.15) is 6.04 Å². The maximum absolute atomic E-state index is 12.5. The van der Waals surface area contributed by atoms with Crippen molar-refractivity contribution in [2.75, 3.05) is 19.6 Å². The van der Waals surface area contributed by atoms with E-state index in [4.69, 9.17) is 23.2 Å². The van der Waals surface area contributed by atoms with Gasteiger partial charge in [0.05, 0.1) is 17.1 Å². The number of amides is 3. The third-order valence-electron chi connectivity index (χ3n) is 4.28. The van der Waals surface area contributed by atoms with Gasteiger partial charge in [-0.3, -0.25) is 14.4 Å². The molecular formula is C18H23Cl2N3O3. The molecule has 0 spiro atoms. The zero-order chi connectivity index (χ0) is 19.3. The van der Waals surface area contributed by atoms with Crippen molar-refractivity contribution in [3.63, 3.8) is 0 Å². The molecule has 142 valence electrons. The molecule has 0 saturated carbocycles. The lowest BCUT2D eigenvalue weighted by atomic mass is 10.0. The summed E-state index contributed by atoms with van der Waals surface area (Å²) in [5.74, 6) is -1.13. The fourth-order valence-electron chi connectivity index (χ4n) is 2.78. The molecule has 0 aromatic heterocycles. The van der Waals surface area contributed by atoms with Crippen molar-refractivity contribution in [3.8, 4) is 0 Å². The normalized spacial score (nSPS) is 15.0. The third-order valence-corrected chi connectivity index (χ3v) is 4.83. The fourth-order valence-corrected chi connectivity index (χ4v) is 3.27. The first kappa shape index (κ1) is 20.5. The maximum atomic E-state index is 12.5. The Balaban J connectivity index is 1.97. The molecule has 0 aliphatic carbocycles. The molecule has 1 aromatic carbocycles. The van der Waals surface area contributed by atoms with Gasteiger partial charge in [-0.15, -0.1) is 0 Å². The van der Waals surface area contributed by atoms with Gasteiger partial charge in [0, 0.05) is 18.1 Å². The average Bonchev–Trinajstić information content (AvgIpc) is 3.11. The molecular weight excluding hydrogens is 377 g/mol. The van der Waals surface area contributed by atoms with Gasteiger partial charge in [0.2, 0.25) is 11.8 Å². The standard InChI is InChI=1S/C18H23Cl2N3O3/c1-11(2)16(18(26)21-10-15(24)23-7-3-4-8-23)22-17(25)13-6-5-12(19)9-14(13)20/h5-6,9,11,16H,3-4,7-8,10H2,1-2H3,(H,21,26)(H,22,25)/t16-/m0/s1. The molecule has 3 amide bonds. The van der Waals surface area contributed by atoms with Gasteiger partial charge >= 0.3 is 0 Å². The van der Waals surface area contributed by atoms with E-state index in [1.807, 2.05) is 13.8 Å². The lowest BCUT2D eigenvalue weighted by molar-refractivity contribution is -0.132. The number of carbonyl (C=O) groups is 3. The lowest BCUT2D eigenvalue weighted by Crippen LogP contribution is -2.51. The minimum atomic E-state index is -0.777. The number of hydrogen-bond donors (Lipinski definition) is 2. The summed E-state index contributed by atoms with van der Waals surface area (Å²) in [6.45, 7) is 5.02. The Kier molecular flexibility index (Phi) is 7.29. The molecule has 2 N–H and O–H groups in total. The number of rotatable bonds is 6. The van der Waals surface area contributed by atoms with Crippen LogP contribution in [0.3, 0.4) is 0 Å². The zero-order valence-electron chi connectivity index (χ0n) is 14.9. The van der Waals surface area contributed by atoms with Crippen LogP contribution >= 0.6 is 23.2 Å². The largest absolute Gasteiger partial charge is 0.345 e. The van der Waals surface area contributed by atoms with Crippen LogP contribution in [0.1, 0.15) is 37.0 Å². The Labute approximate surface area is 163 Å². The van der Waals surface area contributed by atoms with E-state index in [0.717, 1.165) is 25.9 Å². The second-order valence-electron chi connectivity index (χ2n) is 6.63. The van der Waals surface area contributed by atoms with E-state index in [0.29, 0.717) is 5.02 Å². The van der Waals surface area contributed by atoms with E-state index < -0.39 is 17.9 Å². The fraction of sp³-hybridized carbons (Fsp3) is 0.500. The van der Waals surface area contributed by atoms with Crippen LogP contribution in [0.25, 0.3) is 0 Å². The molecule has 2 rings (SSSR count). The topological polar surface area (TPSA) is 78.5 Å². The quantitative estimate of drug-likeness (QED) is 0.770. The molecule has 8 heteroatoms. The van der Waals surface area contributed by atoms with Crippen molar-refractivity contribution < 1.29 is 14.4 Å². The molecule has 0 radical (unpaired) electrons. The highest BCUT2D eigenvalue weighted by molar-refractivity contribution is 6.36. The Bertz CT molecular complexity index is 688. The summed E-state index contributed by atoms with van der Waals surface area (Å²) in [6, 6.07) is 3.76. The number of nitrogens with one attached hydrogen (secondary N) is 2. The molecule has 0 unspecified atom stereocenters. The third kappa shape index (κ3) is 5.35. The van der Waals surface area contributed by atoms with Crippen LogP contribution < -0.4 is 10.6 Å². The van der Waals surface area contributed by atoms with Crippen LogP contribution in [0.2, 0.25) is 10.0 Å². The van der Waals surface area contributed by atoms with E-state index in [1.165, 1.54) is 12.1 Å². The Hall–Kier alpha value is -1.79.